The number of nitrogens with zero attached hydrogens (tertiary/aromatic N) is 4. The highest BCUT2D eigenvalue weighted by Gasteiger charge is 2.25. The predicted molar refractivity (Wildman–Crippen MR) is 101 cm³/mol. The Morgan fingerprint density at radius 2 is 1.92 bits per heavy atom. The summed E-state index contributed by atoms with van der Waals surface area (Å²) in [5.41, 5.74) is 2.97. The van der Waals surface area contributed by atoms with Crippen LogP contribution in [0.5, 0.6) is 11.5 Å². The van der Waals surface area contributed by atoms with Gasteiger partial charge in [0.15, 0.2) is 11.5 Å². The van der Waals surface area contributed by atoms with Crippen LogP contribution in [0.1, 0.15) is 17.2 Å². The van der Waals surface area contributed by atoms with E-state index in [1.165, 1.54) is 0 Å². The minimum absolute atomic E-state index is 0.171. The first-order chi connectivity index (χ1) is 12.7. The van der Waals surface area contributed by atoms with E-state index in [1.807, 2.05) is 42.5 Å². The van der Waals surface area contributed by atoms with Crippen LogP contribution in [0.3, 0.4) is 0 Å². The molecule has 0 unspecified atom stereocenters. The summed E-state index contributed by atoms with van der Waals surface area (Å²) in [6.07, 6.45) is 2.09. The van der Waals surface area contributed by atoms with Gasteiger partial charge >= 0.3 is 0 Å². The molecule has 0 radical (unpaired) electrons. The maximum absolute atomic E-state index is 5.44. The minimum Gasteiger partial charge on any atom is -0.493 e. The molecular formula is C18H16BrN5O2. The third kappa shape index (κ3) is 2.92. The van der Waals surface area contributed by atoms with Crippen LogP contribution in [0.15, 0.2) is 53.0 Å². The monoisotopic (exact) mass is 413 g/mol. The van der Waals surface area contributed by atoms with Gasteiger partial charge in [0, 0.05) is 10.2 Å². The molecule has 0 spiro atoms. The molecule has 26 heavy (non-hydrogen) atoms. The van der Waals surface area contributed by atoms with Gasteiger partial charge in [0.25, 0.3) is 0 Å². The molecule has 1 aliphatic rings. The Morgan fingerprint density at radius 1 is 1.08 bits per heavy atom. The molecule has 1 atom stereocenters. The van der Waals surface area contributed by atoms with Gasteiger partial charge in [-0.1, -0.05) is 39.2 Å². The number of anilines is 1. The van der Waals surface area contributed by atoms with Crippen LogP contribution in [0.4, 0.5) is 5.95 Å². The average molecular weight is 414 g/mol. The first kappa shape index (κ1) is 16.6. The molecule has 0 amide bonds. The van der Waals surface area contributed by atoms with E-state index in [0.717, 1.165) is 21.3 Å². The number of nitrogens with one attached hydrogen (secondary N) is 1. The summed E-state index contributed by atoms with van der Waals surface area (Å²) in [7, 11) is 3.24. The lowest BCUT2D eigenvalue weighted by molar-refractivity contribution is 0.354. The molecule has 4 rings (SSSR count). The number of fused-ring (bicyclic) bond motifs is 1. The summed E-state index contributed by atoms with van der Waals surface area (Å²) in [5, 5.41) is 15.3. The second-order valence-electron chi connectivity index (χ2n) is 5.72. The maximum Gasteiger partial charge on any atom is 0.248 e. The molecule has 0 saturated carbocycles. The van der Waals surface area contributed by atoms with Crippen molar-refractivity contribution < 1.29 is 9.47 Å². The van der Waals surface area contributed by atoms with Crippen molar-refractivity contribution in [3.63, 3.8) is 0 Å². The number of ether oxygens (including phenoxy) is 2. The van der Waals surface area contributed by atoms with Gasteiger partial charge in [0.1, 0.15) is 6.04 Å². The summed E-state index contributed by atoms with van der Waals surface area (Å²) in [6.45, 7) is 0. The quantitative estimate of drug-likeness (QED) is 0.705. The van der Waals surface area contributed by atoms with Gasteiger partial charge in [-0.2, -0.15) is 4.68 Å². The Morgan fingerprint density at radius 3 is 2.69 bits per heavy atom. The highest BCUT2D eigenvalue weighted by molar-refractivity contribution is 9.10. The fourth-order valence-corrected chi connectivity index (χ4v) is 3.35. The Balaban J connectivity index is 1.81. The van der Waals surface area contributed by atoms with E-state index in [9.17, 15) is 0 Å². The topological polar surface area (TPSA) is 74.1 Å². The van der Waals surface area contributed by atoms with Crippen LogP contribution < -0.4 is 14.8 Å². The average Bonchev–Trinajstić information content (AvgIpc) is 3.15. The summed E-state index contributed by atoms with van der Waals surface area (Å²) >= 11 is 3.52. The molecule has 0 aliphatic carbocycles. The van der Waals surface area contributed by atoms with E-state index in [0.29, 0.717) is 17.4 Å². The fourth-order valence-electron chi connectivity index (χ4n) is 2.95. The molecule has 7 nitrogen and oxygen atoms in total. The van der Waals surface area contributed by atoms with Crippen LogP contribution >= 0.6 is 15.9 Å². The number of hydrogen-bond acceptors (Lipinski definition) is 6. The van der Waals surface area contributed by atoms with Crippen LogP contribution in [0.25, 0.3) is 5.70 Å². The van der Waals surface area contributed by atoms with Crippen LogP contribution in [-0.2, 0) is 0 Å². The van der Waals surface area contributed by atoms with Crippen molar-refractivity contribution in [3.8, 4) is 11.5 Å². The molecule has 1 aliphatic heterocycles. The highest BCUT2D eigenvalue weighted by atomic mass is 79.9. The van der Waals surface area contributed by atoms with Crippen molar-refractivity contribution in [1.82, 2.24) is 20.2 Å². The van der Waals surface area contributed by atoms with Gasteiger partial charge in [0.05, 0.1) is 14.2 Å². The molecule has 1 N–H and O–H groups in total. The molecule has 0 fully saturated rings. The minimum atomic E-state index is -0.171. The lowest BCUT2D eigenvalue weighted by atomic mass is 10.0. The van der Waals surface area contributed by atoms with Crippen molar-refractivity contribution in [2.45, 2.75) is 6.04 Å². The van der Waals surface area contributed by atoms with Crippen molar-refractivity contribution in [2.75, 3.05) is 19.5 Å². The molecular weight excluding hydrogens is 398 g/mol. The molecule has 3 aromatic rings. The largest absolute Gasteiger partial charge is 0.493 e. The predicted octanol–water partition coefficient (Wildman–Crippen LogP) is 3.51. The van der Waals surface area contributed by atoms with Crippen LogP contribution in [0, 0.1) is 0 Å². The third-order valence-corrected chi connectivity index (χ3v) is 4.71. The zero-order valence-corrected chi connectivity index (χ0v) is 15.8. The van der Waals surface area contributed by atoms with E-state index in [4.69, 9.17) is 9.47 Å². The number of benzene rings is 2. The molecule has 1 aromatic heterocycles. The second-order valence-corrected chi connectivity index (χ2v) is 6.64. The van der Waals surface area contributed by atoms with Crippen LogP contribution in [0.2, 0.25) is 0 Å². The van der Waals surface area contributed by atoms with Gasteiger partial charge in [-0.25, -0.2) is 0 Å². The SMILES string of the molecule is COc1ccc([C@H]2C=C(c3cccc(Br)c3)Nc3nnnn32)cc1OC. The zero-order chi connectivity index (χ0) is 18.1. The standard InChI is InChI=1S/C18H16BrN5O2/c1-25-16-7-6-12(9-17(16)26-2)15-10-14(11-4-3-5-13(19)8-11)20-18-21-22-23-24(15)18/h3-10,15H,1-2H3,(H,20,21,23)/t15-/m1/s1. The Labute approximate surface area is 158 Å². The van der Waals surface area contributed by atoms with Gasteiger partial charge in [0.2, 0.25) is 5.95 Å². The fraction of sp³-hybridized carbons (Fsp3) is 0.167. The smallest absolute Gasteiger partial charge is 0.248 e. The first-order valence-corrected chi connectivity index (χ1v) is 8.73. The van der Waals surface area contributed by atoms with Gasteiger partial charge in [-0.15, -0.1) is 0 Å². The summed E-state index contributed by atoms with van der Waals surface area (Å²) in [5.74, 6) is 1.93. The summed E-state index contributed by atoms with van der Waals surface area (Å²) in [6, 6.07) is 13.7. The van der Waals surface area contributed by atoms with Gasteiger partial charge < -0.3 is 14.8 Å². The number of rotatable bonds is 4. The van der Waals surface area contributed by atoms with E-state index >= 15 is 0 Å². The maximum atomic E-state index is 5.44. The first-order valence-electron chi connectivity index (χ1n) is 7.94. The van der Waals surface area contributed by atoms with Crippen molar-refractivity contribution in [3.05, 3.63) is 64.1 Å². The van der Waals surface area contributed by atoms with Gasteiger partial charge in [-0.05, 0) is 51.9 Å². The molecule has 0 saturated heterocycles. The number of halogens is 1. The lowest BCUT2D eigenvalue weighted by Crippen LogP contribution is -2.20. The number of tetrazole rings is 1. The Bertz CT molecular complexity index is 985. The Kier molecular flexibility index (Phi) is 4.34. The van der Waals surface area contributed by atoms with E-state index in [2.05, 4.69) is 42.8 Å². The summed E-state index contributed by atoms with van der Waals surface area (Å²) < 4.78 is 13.5. The van der Waals surface area contributed by atoms with E-state index < -0.39 is 0 Å². The molecule has 0 bridgehead atoms. The van der Waals surface area contributed by atoms with E-state index in [1.54, 1.807) is 18.9 Å². The highest BCUT2D eigenvalue weighted by Crippen LogP contribution is 2.36. The van der Waals surface area contributed by atoms with E-state index in [-0.39, 0.29) is 6.04 Å². The third-order valence-electron chi connectivity index (χ3n) is 4.21. The number of allylic oxidation sites excluding steroid dienone is 1. The molecule has 2 heterocycles. The molecule has 132 valence electrons. The molecule has 8 heteroatoms. The second kappa shape index (κ2) is 6.80. The van der Waals surface area contributed by atoms with Crippen molar-refractivity contribution in [1.29, 1.82) is 0 Å². The number of aromatic nitrogens is 4. The normalized spacial score (nSPS) is 15.7. The number of methoxy groups -OCH3 is 2. The van der Waals surface area contributed by atoms with Gasteiger partial charge in [-0.3, -0.25) is 0 Å². The van der Waals surface area contributed by atoms with Crippen LogP contribution in [-0.4, -0.2) is 34.4 Å². The van der Waals surface area contributed by atoms with Crippen molar-refractivity contribution in [2.24, 2.45) is 0 Å². The lowest BCUT2D eigenvalue weighted by Gasteiger charge is -2.24. The van der Waals surface area contributed by atoms with Crippen molar-refractivity contribution >= 4 is 27.6 Å². The molecule has 2 aromatic carbocycles. The number of hydrogen-bond donors (Lipinski definition) is 1. The Hall–Kier alpha value is -2.87. The zero-order valence-electron chi connectivity index (χ0n) is 14.2. The summed E-state index contributed by atoms with van der Waals surface area (Å²) in [4.78, 5) is 0.